The molecule has 0 aliphatic carbocycles. The lowest BCUT2D eigenvalue weighted by atomic mass is 9.99. The Bertz CT molecular complexity index is 1960. The van der Waals surface area contributed by atoms with Gasteiger partial charge in [-0.05, 0) is 37.5 Å². The van der Waals surface area contributed by atoms with Crippen molar-refractivity contribution in [1.29, 1.82) is 0 Å². The van der Waals surface area contributed by atoms with Crippen LogP contribution in [0, 0.1) is 11.8 Å². The highest BCUT2D eigenvalue weighted by Crippen LogP contribution is 2.45. The summed E-state index contributed by atoms with van der Waals surface area (Å²) >= 11 is 0. The molecular weight excluding hydrogens is 1330 g/mol. The van der Waals surface area contributed by atoms with E-state index < -0.39 is 97.5 Å². The lowest BCUT2D eigenvalue weighted by Gasteiger charge is -2.21. The maximum Gasteiger partial charge on any atom is 0.472 e. The minimum Gasteiger partial charge on any atom is -0.462 e. The number of esters is 4. The summed E-state index contributed by atoms with van der Waals surface area (Å²) in [6.45, 7) is 9.70. The van der Waals surface area contributed by atoms with Gasteiger partial charge in [0, 0.05) is 25.7 Å². The van der Waals surface area contributed by atoms with E-state index in [1.165, 1.54) is 250 Å². The SMILES string of the molecule is CCCCCCCCCCCCCCCCCCCCCC(=O)O[C@H](COC(=O)CCCCCCCCCCCCCCCCC(C)CC)COP(=O)(O)OC[C@@H](O)COP(=O)(O)OC[C@@H](COC(=O)CCCCCCCCCC)OC(=O)CCCCCCCCCCCCCCCCC(C)C. The smallest absolute Gasteiger partial charge is 0.462 e. The molecule has 0 saturated carbocycles. The van der Waals surface area contributed by atoms with Gasteiger partial charge in [0.25, 0.3) is 0 Å². The Morgan fingerprint density at radius 2 is 0.500 bits per heavy atom. The molecule has 3 N–H and O–H groups in total. The van der Waals surface area contributed by atoms with Crippen LogP contribution in [0.4, 0.5) is 0 Å². The first-order valence-corrected chi connectivity index (χ1v) is 46.0. The van der Waals surface area contributed by atoms with Crippen LogP contribution in [0.3, 0.4) is 0 Å². The molecule has 0 radical (unpaired) electrons. The predicted octanol–water partition coefficient (Wildman–Crippen LogP) is 25.1. The number of aliphatic hydroxyl groups excluding tert-OH is 1. The van der Waals surface area contributed by atoms with Crippen LogP contribution in [0.5, 0.6) is 0 Å². The van der Waals surface area contributed by atoms with Crippen LogP contribution in [0.15, 0.2) is 0 Å². The molecule has 0 rings (SSSR count). The van der Waals surface area contributed by atoms with Crippen LogP contribution in [0.25, 0.3) is 0 Å². The topological polar surface area (TPSA) is 237 Å². The van der Waals surface area contributed by atoms with Gasteiger partial charge in [-0.3, -0.25) is 37.3 Å². The molecule has 19 heteroatoms. The largest absolute Gasteiger partial charge is 0.472 e. The van der Waals surface area contributed by atoms with Crippen molar-refractivity contribution in [1.82, 2.24) is 0 Å². The number of aliphatic hydroxyl groups is 1. The Kier molecular flexibility index (Phi) is 73.1. The average Bonchev–Trinajstić information content (AvgIpc) is 0.912. The van der Waals surface area contributed by atoms with E-state index >= 15 is 0 Å². The maximum atomic E-state index is 13.1. The minimum absolute atomic E-state index is 0.108. The molecule has 0 aliphatic heterocycles. The summed E-state index contributed by atoms with van der Waals surface area (Å²) in [5, 5.41) is 10.6. The quantitative estimate of drug-likeness (QED) is 0.0222. The minimum atomic E-state index is -4.96. The first-order chi connectivity index (χ1) is 49.4. The molecule has 0 aliphatic rings. The predicted molar refractivity (Wildman–Crippen MR) is 418 cm³/mol. The second-order valence-electron chi connectivity index (χ2n) is 30.6. The molecule has 6 atom stereocenters. The van der Waals surface area contributed by atoms with E-state index in [0.29, 0.717) is 25.7 Å². The Morgan fingerprint density at radius 3 is 0.745 bits per heavy atom. The maximum absolute atomic E-state index is 13.1. The van der Waals surface area contributed by atoms with Gasteiger partial charge in [0.05, 0.1) is 26.4 Å². The zero-order valence-electron chi connectivity index (χ0n) is 66.9. The Morgan fingerprint density at radius 1 is 0.284 bits per heavy atom. The number of phosphoric acid groups is 2. The number of hydrogen-bond donors (Lipinski definition) is 3. The number of hydrogen-bond acceptors (Lipinski definition) is 15. The Balaban J connectivity index is 5.20. The molecule has 0 aromatic heterocycles. The lowest BCUT2D eigenvalue weighted by Crippen LogP contribution is -2.30. The third-order valence-corrected chi connectivity index (χ3v) is 21.7. The normalized spacial score (nSPS) is 14.1. The molecule has 0 fully saturated rings. The van der Waals surface area contributed by atoms with Gasteiger partial charge in [0.15, 0.2) is 12.2 Å². The van der Waals surface area contributed by atoms with Crippen LogP contribution >= 0.6 is 15.6 Å². The van der Waals surface area contributed by atoms with Crippen LogP contribution < -0.4 is 0 Å². The molecule has 0 aromatic carbocycles. The molecular formula is C83H162O17P2. The number of phosphoric ester groups is 2. The monoisotopic (exact) mass is 1490 g/mol. The zero-order chi connectivity index (χ0) is 74.9. The Hall–Kier alpha value is -1.94. The lowest BCUT2D eigenvalue weighted by molar-refractivity contribution is -0.161. The molecule has 17 nitrogen and oxygen atoms in total. The number of rotatable bonds is 82. The fraction of sp³-hybridized carbons (Fsp3) is 0.952. The fourth-order valence-electron chi connectivity index (χ4n) is 12.9. The summed E-state index contributed by atoms with van der Waals surface area (Å²) in [6.07, 6.45) is 65.2. The molecule has 606 valence electrons. The van der Waals surface area contributed by atoms with Crippen LogP contribution in [-0.2, 0) is 65.4 Å². The summed E-state index contributed by atoms with van der Waals surface area (Å²) in [6, 6.07) is 0. The van der Waals surface area contributed by atoms with Gasteiger partial charge >= 0.3 is 39.5 Å². The van der Waals surface area contributed by atoms with E-state index in [1.54, 1.807) is 0 Å². The van der Waals surface area contributed by atoms with E-state index in [1.807, 2.05) is 0 Å². The highest BCUT2D eigenvalue weighted by atomic mass is 31.2. The van der Waals surface area contributed by atoms with E-state index in [-0.39, 0.29) is 25.7 Å². The number of ether oxygens (including phenoxy) is 4. The van der Waals surface area contributed by atoms with Crippen molar-refractivity contribution < 1.29 is 80.2 Å². The van der Waals surface area contributed by atoms with Crippen molar-refractivity contribution >= 4 is 39.5 Å². The van der Waals surface area contributed by atoms with Crippen LogP contribution in [-0.4, -0.2) is 96.7 Å². The Labute approximate surface area is 626 Å². The molecule has 0 saturated heterocycles. The molecule has 102 heavy (non-hydrogen) atoms. The molecule has 3 unspecified atom stereocenters. The van der Waals surface area contributed by atoms with Crippen LogP contribution in [0.2, 0.25) is 0 Å². The number of carbonyl (C=O) groups excluding carboxylic acids is 4. The summed E-state index contributed by atoms with van der Waals surface area (Å²) in [5.41, 5.74) is 0. The number of carbonyl (C=O) groups is 4. The van der Waals surface area contributed by atoms with Crippen molar-refractivity contribution in [2.24, 2.45) is 11.8 Å². The summed E-state index contributed by atoms with van der Waals surface area (Å²) < 4.78 is 68.7. The first-order valence-electron chi connectivity index (χ1n) is 43.0. The molecule has 0 heterocycles. The van der Waals surface area contributed by atoms with E-state index in [4.69, 9.17) is 37.0 Å². The second-order valence-corrected chi connectivity index (χ2v) is 33.5. The van der Waals surface area contributed by atoms with E-state index in [2.05, 4.69) is 41.5 Å². The first kappa shape index (κ1) is 100. The average molecular weight is 1490 g/mol. The molecule has 0 amide bonds. The van der Waals surface area contributed by atoms with Crippen molar-refractivity contribution in [2.75, 3.05) is 39.6 Å². The van der Waals surface area contributed by atoms with Gasteiger partial charge in [0.2, 0.25) is 0 Å². The van der Waals surface area contributed by atoms with Gasteiger partial charge in [-0.25, -0.2) is 9.13 Å². The highest BCUT2D eigenvalue weighted by Gasteiger charge is 2.30. The third kappa shape index (κ3) is 74.9. The van der Waals surface area contributed by atoms with E-state index in [9.17, 15) is 43.2 Å². The van der Waals surface area contributed by atoms with Gasteiger partial charge < -0.3 is 33.8 Å². The molecule has 0 aromatic rings. The second kappa shape index (κ2) is 74.5. The summed E-state index contributed by atoms with van der Waals surface area (Å²) in [5.74, 6) is -0.462. The molecule has 0 bridgehead atoms. The summed E-state index contributed by atoms with van der Waals surface area (Å²) in [7, 11) is -9.92. The van der Waals surface area contributed by atoms with E-state index in [0.717, 1.165) is 108 Å². The third-order valence-electron chi connectivity index (χ3n) is 19.8. The standard InChI is InChI=1S/C83H162O17P2/c1-7-10-12-14-16-18-19-20-21-22-23-24-25-33-38-43-49-55-61-67-83(88)100-79(72-94-81(86)66-60-54-48-42-37-32-29-27-31-36-41-46-52-58-64-76(6)9-3)74-98-102(91,92)96-70-77(84)69-95-101(89,90)97-73-78(71-93-80(85)65-59-53-47-17-15-13-11-8-2)99-82(87)68-62-56-50-44-39-34-28-26-30-35-40-45-51-57-63-75(4)5/h75-79,84H,7-74H2,1-6H3,(H,89,90)(H,91,92)/t76?,77-,78+,79+/m0/s1. The molecule has 0 spiro atoms. The van der Waals surface area contributed by atoms with Crippen LogP contribution in [0.1, 0.15) is 440 Å². The van der Waals surface area contributed by atoms with Crippen molar-refractivity contribution in [3.05, 3.63) is 0 Å². The fourth-order valence-corrected chi connectivity index (χ4v) is 14.4. The van der Waals surface area contributed by atoms with Crippen molar-refractivity contribution in [3.63, 3.8) is 0 Å². The van der Waals surface area contributed by atoms with Crippen molar-refractivity contribution in [3.8, 4) is 0 Å². The van der Waals surface area contributed by atoms with Gasteiger partial charge in [-0.15, -0.1) is 0 Å². The van der Waals surface area contributed by atoms with Crippen molar-refractivity contribution in [2.45, 2.75) is 458 Å². The van der Waals surface area contributed by atoms with Gasteiger partial charge in [0.1, 0.15) is 19.3 Å². The number of unbranched alkanes of at least 4 members (excludes halogenated alkanes) is 51. The highest BCUT2D eigenvalue weighted by molar-refractivity contribution is 7.47. The van der Waals surface area contributed by atoms with Gasteiger partial charge in [-0.2, -0.15) is 0 Å². The van der Waals surface area contributed by atoms with Gasteiger partial charge in [-0.1, -0.05) is 388 Å². The summed E-state index contributed by atoms with van der Waals surface area (Å²) in [4.78, 5) is 73.0. The zero-order valence-corrected chi connectivity index (χ0v) is 68.7.